The van der Waals surface area contributed by atoms with Crippen molar-refractivity contribution in [3.8, 4) is 17.0 Å². The number of carbonyl (C=O) groups is 1. The van der Waals surface area contributed by atoms with E-state index in [2.05, 4.69) is 10.3 Å². The first-order valence-electron chi connectivity index (χ1n) is 7.50. The fourth-order valence-electron chi connectivity index (χ4n) is 2.31. The number of aromatic nitrogens is 1. The van der Waals surface area contributed by atoms with Crippen LogP contribution in [0.5, 0.6) is 5.75 Å². The Morgan fingerprint density at radius 3 is 2.77 bits per heavy atom. The van der Waals surface area contributed by atoms with Crippen LogP contribution >= 0.6 is 22.9 Å². The molecule has 0 spiro atoms. The van der Waals surface area contributed by atoms with E-state index in [9.17, 15) is 13.6 Å². The predicted octanol–water partition coefficient (Wildman–Crippen LogP) is 4.93. The van der Waals surface area contributed by atoms with Crippen LogP contribution in [0.25, 0.3) is 11.3 Å². The minimum Gasteiger partial charge on any atom is -0.494 e. The molecule has 26 heavy (non-hydrogen) atoms. The number of carbonyl (C=O) groups excluding carboxylic acids is 1. The Balaban J connectivity index is 1.72. The van der Waals surface area contributed by atoms with E-state index in [1.807, 2.05) is 0 Å². The Morgan fingerprint density at radius 1 is 1.27 bits per heavy atom. The molecule has 0 unspecified atom stereocenters. The molecule has 3 aromatic rings. The fourth-order valence-corrected chi connectivity index (χ4v) is 3.28. The van der Waals surface area contributed by atoms with Crippen LogP contribution in [0.4, 0.5) is 13.9 Å². The van der Waals surface area contributed by atoms with Crippen LogP contribution in [0, 0.1) is 11.6 Å². The summed E-state index contributed by atoms with van der Waals surface area (Å²) in [6.45, 7) is 0. The van der Waals surface area contributed by atoms with Crippen molar-refractivity contribution in [2.45, 2.75) is 6.42 Å². The molecule has 1 heterocycles. The van der Waals surface area contributed by atoms with Gasteiger partial charge in [-0.05, 0) is 30.3 Å². The van der Waals surface area contributed by atoms with E-state index in [1.165, 1.54) is 48.8 Å². The van der Waals surface area contributed by atoms with E-state index < -0.39 is 17.5 Å². The second-order valence-electron chi connectivity index (χ2n) is 5.31. The minimum absolute atomic E-state index is 0.126. The van der Waals surface area contributed by atoms with Gasteiger partial charge in [-0.3, -0.25) is 4.79 Å². The summed E-state index contributed by atoms with van der Waals surface area (Å²) in [7, 11) is 1.39. The number of halogens is 3. The molecule has 134 valence electrons. The van der Waals surface area contributed by atoms with Crippen molar-refractivity contribution in [3.05, 3.63) is 64.0 Å². The minimum atomic E-state index is -0.541. The summed E-state index contributed by atoms with van der Waals surface area (Å²) in [5.41, 5.74) is 1.19. The van der Waals surface area contributed by atoms with Crippen LogP contribution in [-0.2, 0) is 11.2 Å². The highest BCUT2D eigenvalue weighted by atomic mass is 35.5. The highest BCUT2D eigenvalue weighted by Crippen LogP contribution is 2.28. The predicted molar refractivity (Wildman–Crippen MR) is 97.8 cm³/mol. The van der Waals surface area contributed by atoms with Gasteiger partial charge in [0, 0.05) is 21.5 Å². The fraction of sp³-hybridized carbons (Fsp3) is 0.111. The number of nitrogens with zero attached hydrogens (tertiary/aromatic N) is 1. The normalized spacial score (nSPS) is 10.6. The Kier molecular flexibility index (Phi) is 5.49. The van der Waals surface area contributed by atoms with E-state index in [0.29, 0.717) is 16.4 Å². The maximum atomic E-state index is 13.8. The molecule has 0 saturated carbocycles. The first-order chi connectivity index (χ1) is 12.5. The molecular formula is C18H13ClF2N2O2S. The van der Waals surface area contributed by atoms with E-state index in [4.69, 9.17) is 16.3 Å². The lowest BCUT2D eigenvalue weighted by Gasteiger charge is -2.05. The average molecular weight is 395 g/mol. The largest absolute Gasteiger partial charge is 0.494 e. The number of rotatable bonds is 5. The highest BCUT2D eigenvalue weighted by Gasteiger charge is 2.14. The van der Waals surface area contributed by atoms with Gasteiger partial charge in [0.25, 0.3) is 0 Å². The second kappa shape index (κ2) is 7.80. The number of nitrogens with one attached hydrogen (secondary N) is 1. The Morgan fingerprint density at radius 2 is 2.08 bits per heavy atom. The third-order valence-corrected chi connectivity index (χ3v) is 4.71. The summed E-state index contributed by atoms with van der Waals surface area (Å²) in [6.07, 6.45) is -0.211. The third kappa shape index (κ3) is 4.00. The summed E-state index contributed by atoms with van der Waals surface area (Å²) in [5, 5.41) is 4.80. The maximum Gasteiger partial charge on any atom is 0.230 e. The van der Waals surface area contributed by atoms with E-state index in [0.717, 1.165) is 0 Å². The molecule has 0 radical (unpaired) electrons. The molecule has 0 aliphatic rings. The zero-order valence-corrected chi connectivity index (χ0v) is 15.1. The number of methoxy groups -OCH3 is 1. The lowest BCUT2D eigenvalue weighted by atomic mass is 10.1. The second-order valence-corrected chi connectivity index (χ2v) is 6.58. The molecule has 2 aromatic carbocycles. The zero-order valence-electron chi connectivity index (χ0n) is 13.6. The maximum absolute atomic E-state index is 13.8. The Hall–Kier alpha value is -2.51. The van der Waals surface area contributed by atoms with Crippen LogP contribution in [0.1, 0.15) is 5.56 Å². The molecule has 3 rings (SSSR count). The van der Waals surface area contributed by atoms with E-state index >= 15 is 0 Å². The number of thiazole rings is 1. The third-order valence-electron chi connectivity index (χ3n) is 3.60. The van der Waals surface area contributed by atoms with Gasteiger partial charge in [-0.2, -0.15) is 0 Å². The number of ether oxygens (including phenoxy) is 1. The molecule has 4 nitrogen and oxygen atoms in total. The van der Waals surface area contributed by atoms with Crippen molar-refractivity contribution in [2.24, 2.45) is 0 Å². The van der Waals surface area contributed by atoms with Gasteiger partial charge in [-0.15, -0.1) is 11.3 Å². The number of amides is 1. The number of hydrogen-bond acceptors (Lipinski definition) is 4. The lowest BCUT2D eigenvalue weighted by Crippen LogP contribution is -2.15. The van der Waals surface area contributed by atoms with Crippen LogP contribution in [0.3, 0.4) is 0 Å². The Labute approximate surface area is 157 Å². The topological polar surface area (TPSA) is 51.2 Å². The SMILES string of the molecule is COc1ccc(-c2csc(NC(=O)Cc3c(F)cccc3Cl)n2)cc1F. The molecule has 1 aromatic heterocycles. The summed E-state index contributed by atoms with van der Waals surface area (Å²) >= 11 is 7.11. The van der Waals surface area contributed by atoms with Crippen molar-refractivity contribution in [2.75, 3.05) is 12.4 Å². The smallest absolute Gasteiger partial charge is 0.230 e. The summed E-state index contributed by atoms with van der Waals surface area (Å²) in [5.74, 6) is -1.35. The number of benzene rings is 2. The zero-order chi connectivity index (χ0) is 18.7. The van der Waals surface area contributed by atoms with Gasteiger partial charge in [-0.1, -0.05) is 17.7 Å². The van der Waals surface area contributed by atoms with Gasteiger partial charge in [0.05, 0.1) is 19.2 Å². The van der Waals surface area contributed by atoms with Gasteiger partial charge < -0.3 is 10.1 Å². The van der Waals surface area contributed by atoms with Gasteiger partial charge >= 0.3 is 0 Å². The summed E-state index contributed by atoms with van der Waals surface area (Å²) in [6, 6.07) is 8.71. The molecular weight excluding hydrogens is 382 g/mol. The summed E-state index contributed by atoms with van der Waals surface area (Å²) < 4.78 is 32.4. The highest BCUT2D eigenvalue weighted by molar-refractivity contribution is 7.14. The standard InChI is InChI=1S/C18H13ClF2N2O2S/c1-25-16-6-5-10(7-14(16)21)15-9-26-18(22-15)23-17(24)8-11-12(19)3-2-4-13(11)20/h2-7,9H,8H2,1H3,(H,22,23,24). The number of anilines is 1. The van der Waals surface area contributed by atoms with Crippen LogP contribution in [-0.4, -0.2) is 18.0 Å². The van der Waals surface area contributed by atoms with Crippen LogP contribution in [0.2, 0.25) is 5.02 Å². The van der Waals surface area contributed by atoms with Crippen molar-refractivity contribution in [1.29, 1.82) is 0 Å². The molecule has 0 saturated heterocycles. The number of hydrogen-bond donors (Lipinski definition) is 1. The molecule has 0 aliphatic carbocycles. The van der Waals surface area contributed by atoms with Gasteiger partial charge in [0.2, 0.25) is 5.91 Å². The van der Waals surface area contributed by atoms with Crippen molar-refractivity contribution < 1.29 is 18.3 Å². The Bertz CT molecular complexity index is 942. The van der Waals surface area contributed by atoms with E-state index in [1.54, 1.807) is 11.4 Å². The quantitative estimate of drug-likeness (QED) is 0.667. The molecule has 0 bridgehead atoms. The van der Waals surface area contributed by atoms with Crippen molar-refractivity contribution in [3.63, 3.8) is 0 Å². The summed E-state index contributed by atoms with van der Waals surface area (Å²) in [4.78, 5) is 16.4. The molecule has 1 N–H and O–H groups in total. The van der Waals surface area contributed by atoms with Gasteiger partial charge in [0.1, 0.15) is 5.82 Å². The molecule has 0 atom stereocenters. The molecule has 8 heteroatoms. The van der Waals surface area contributed by atoms with Crippen LogP contribution in [0.15, 0.2) is 41.8 Å². The van der Waals surface area contributed by atoms with E-state index in [-0.39, 0.29) is 22.8 Å². The van der Waals surface area contributed by atoms with Crippen molar-refractivity contribution in [1.82, 2.24) is 4.98 Å². The van der Waals surface area contributed by atoms with Crippen LogP contribution < -0.4 is 10.1 Å². The lowest BCUT2D eigenvalue weighted by molar-refractivity contribution is -0.115. The van der Waals surface area contributed by atoms with Gasteiger partial charge in [0.15, 0.2) is 16.7 Å². The van der Waals surface area contributed by atoms with Gasteiger partial charge in [-0.25, -0.2) is 13.8 Å². The molecule has 0 aliphatic heterocycles. The first kappa shape index (κ1) is 18.3. The van der Waals surface area contributed by atoms with Crippen molar-refractivity contribution >= 4 is 34.0 Å². The first-order valence-corrected chi connectivity index (χ1v) is 8.76. The average Bonchev–Trinajstić information content (AvgIpc) is 3.06. The monoisotopic (exact) mass is 394 g/mol. The molecule has 0 fully saturated rings. The molecule has 1 amide bonds.